The first-order valence-electron chi connectivity index (χ1n) is 7.01. The molecule has 1 aromatic carbocycles. The summed E-state index contributed by atoms with van der Waals surface area (Å²) in [5, 5.41) is 3.54. The van der Waals surface area contributed by atoms with Crippen LogP contribution in [0.2, 0.25) is 0 Å². The fraction of sp³-hybridized carbons (Fsp3) is 0.294. The van der Waals surface area contributed by atoms with E-state index in [0.29, 0.717) is 18.0 Å². The zero-order valence-corrected chi connectivity index (χ0v) is 13.3. The largest absolute Gasteiger partial charge is 0.302 e. The maximum atomic E-state index is 11.7. The minimum absolute atomic E-state index is 0.00876. The van der Waals surface area contributed by atoms with Gasteiger partial charge in [0.15, 0.2) is 5.13 Å². The van der Waals surface area contributed by atoms with Gasteiger partial charge in [-0.2, -0.15) is 0 Å². The first kappa shape index (κ1) is 15.4. The molecule has 110 valence electrons. The summed E-state index contributed by atoms with van der Waals surface area (Å²) >= 11 is 1.55. The molecule has 0 spiro atoms. The molecule has 0 unspecified atom stereocenters. The Balaban J connectivity index is 2.03. The minimum Gasteiger partial charge on any atom is -0.302 e. The Morgan fingerprint density at radius 3 is 2.71 bits per heavy atom. The third kappa shape index (κ3) is 4.53. The Labute approximate surface area is 129 Å². The van der Waals surface area contributed by atoms with E-state index in [-0.39, 0.29) is 5.91 Å². The maximum Gasteiger partial charge on any atom is 0.226 e. The summed E-state index contributed by atoms with van der Waals surface area (Å²) in [7, 11) is 0. The zero-order valence-electron chi connectivity index (χ0n) is 12.5. The average Bonchev–Trinajstić information content (AvgIpc) is 2.79. The second-order valence-corrected chi connectivity index (χ2v) is 6.15. The number of thiazole rings is 1. The number of aromatic nitrogens is 1. The molecule has 3 nitrogen and oxygen atoms in total. The predicted molar refractivity (Wildman–Crippen MR) is 88.9 cm³/mol. The first-order valence-corrected chi connectivity index (χ1v) is 7.82. The van der Waals surface area contributed by atoms with Gasteiger partial charge in [0.1, 0.15) is 0 Å². The molecule has 0 bridgehead atoms. The second-order valence-electron chi connectivity index (χ2n) is 5.07. The summed E-state index contributed by atoms with van der Waals surface area (Å²) in [5.74, 6) is -0.00876. The van der Waals surface area contributed by atoms with Gasteiger partial charge >= 0.3 is 0 Å². The molecular weight excluding hydrogens is 280 g/mol. The lowest BCUT2D eigenvalue weighted by molar-refractivity contribution is -0.116. The van der Waals surface area contributed by atoms with Gasteiger partial charge in [-0.15, -0.1) is 17.9 Å². The van der Waals surface area contributed by atoms with Crippen LogP contribution in [-0.4, -0.2) is 10.9 Å². The molecule has 1 N–H and O–H groups in total. The summed E-state index contributed by atoms with van der Waals surface area (Å²) in [6.07, 6.45) is 3.74. The number of rotatable bonds is 6. The van der Waals surface area contributed by atoms with Gasteiger partial charge < -0.3 is 5.32 Å². The molecule has 0 fully saturated rings. The van der Waals surface area contributed by atoms with E-state index in [1.807, 2.05) is 6.92 Å². The van der Waals surface area contributed by atoms with E-state index < -0.39 is 0 Å². The van der Waals surface area contributed by atoms with Gasteiger partial charge in [-0.25, -0.2) is 4.98 Å². The number of nitrogens with zero attached hydrogens (tertiary/aromatic N) is 1. The first-order chi connectivity index (χ1) is 10.1. The van der Waals surface area contributed by atoms with Gasteiger partial charge in [0.2, 0.25) is 5.91 Å². The van der Waals surface area contributed by atoms with Crippen molar-refractivity contribution in [1.29, 1.82) is 0 Å². The van der Waals surface area contributed by atoms with Crippen molar-refractivity contribution in [3.8, 4) is 0 Å². The van der Waals surface area contributed by atoms with Crippen LogP contribution in [0.1, 0.15) is 34.5 Å². The van der Waals surface area contributed by atoms with Crippen molar-refractivity contribution >= 4 is 22.4 Å². The number of carbonyl (C=O) groups excluding carboxylic acids is 1. The Morgan fingerprint density at radius 2 is 2.05 bits per heavy atom. The number of benzene rings is 1. The SMILES string of the molecule is C=CCCC(=O)Nc1nc(C)c(Cc2ccc(C)cc2)s1. The highest BCUT2D eigenvalue weighted by molar-refractivity contribution is 7.15. The molecule has 2 rings (SSSR count). The van der Waals surface area contributed by atoms with Crippen LogP contribution in [0.4, 0.5) is 5.13 Å². The Morgan fingerprint density at radius 1 is 1.33 bits per heavy atom. The van der Waals surface area contributed by atoms with E-state index in [1.54, 1.807) is 17.4 Å². The molecule has 0 aliphatic carbocycles. The van der Waals surface area contributed by atoms with Crippen LogP contribution in [0.5, 0.6) is 0 Å². The van der Waals surface area contributed by atoms with Crippen molar-refractivity contribution < 1.29 is 4.79 Å². The molecule has 1 heterocycles. The van der Waals surface area contributed by atoms with Gasteiger partial charge in [-0.3, -0.25) is 4.79 Å². The van der Waals surface area contributed by atoms with Crippen LogP contribution >= 0.6 is 11.3 Å². The van der Waals surface area contributed by atoms with E-state index in [1.165, 1.54) is 16.0 Å². The number of amides is 1. The molecule has 4 heteroatoms. The summed E-state index contributed by atoms with van der Waals surface area (Å²) in [6.45, 7) is 7.69. The molecule has 0 saturated heterocycles. The van der Waals surface area contributed by atoms with Gasteiger partial charge in [0, 0.05) is 17.7 Å². The summed E-state index contributed by atoms with van der Waals surface area (Å²) in [6, 6.07) is 8.50. The van der Waals surface area contributed by atoms with Gasteiger partial charge in [-0.05, 0) is 25.8 Å². The highest BCUT2D eigenvalue weighted by atomic mass is 32.1. The standard InChI is InChI=1S/C17H20N2OS/c1-4-5-6-16(20)19-17-18-13(3)15(21-17)11-14-9-7-12(2)8-10-14/h4,7-10H,1,5-6,11H2,2-3H3,(H,18,19,20). The van der Waals surface area contributed by atoms with Crippen LogP contribution in [0, 0.1) is 13.8 Å². The molecule has 0 atom stereocenters. The van der Waals surface area contributed by atoms with Gasteiger partial charge in [-0.1, -0.05) is 35.9 Å². The highest BCUT2D eigenvalue weighted by Crippen LogP contribution is 2.25. The molecule has 2 aromatic rings. The minimum atomic E-state index is -0.00876. The monoisotopic (exact) mass is 300 g/mol. The lowest BCUT2D eigenvalue weighted by Crippen LogP contribution is -2.10. The number of nitrogens with one attached hydrogen (secondary N) is 1. The van der Waals surface area contributed by atoms with Crippen LogP contribution in [0.3, 0.4) is 0 Å². The van der Waals surface area contributed by atoms with E-state index in [9.17, 15) is 4.79 Å². The third-order valence-corrected chi connectivity index (χ3v) is 4.27. The molecule has 0 radical (unpaired) electrons. The molecule has 0 aliphatic rings. The summed E-state index contributed by atoms with van der Waals surface area (Å²) in [5.41, 5.74) is 3.51. The fourth-order valence-electron chi connectivity index (χ4n) is 1.95. The van der Waals surface area contributed by atoms with Crippen LogP contribution in [0.25, 0.3) is 0 Å². The normalized spacial score (nSPS) is 10.4. The summed E-state index contributed by atoms with van der Waals surface area (Å²) in [4.78, 5) is 17.3. The molecular formula is C17H20N2OS. The fourth-order valence-corrected chi connectivity index (χ4v) is 2.96. The number of allylic oxidation sites excluding steroid dienone is 1. The Bertz CT molecular complexity index is 629. The van der Waals surface area contributed by atoms with Crippen LogP contribution in [-0.2, 0) is 11.2 Å². The van der Waals surface area contributed by atoms with E-state index in [4.69, 9.17) is 0 Å². The van der Waals surface area contributed by atoms with Gasteiger partial charge in [0.05, 0.1) is 5.69 Å². The van der Waals surface area contributed by atoms with Crippen molar-refractivity contribution in [2.75, 3.05) is 5.32 Å². The molecule has 1 aromatic heterocycles. The van der Waals surface area contributed by atoms with Crippen molar-refractivity contribution in [3.05, 3.63) is 58.6 Å². The number of aryl methyl sites for hydroxylation is 2. The average molecular weight is 300 g/mol. The Hall–Kier alpha value is -1.94. The quantitative estimate of drug-likeness (QED) is 0.810. The number of hydrogen-bond donors (Lipinski definition) is 1. The van der Waals surface area contributed by atoms with E-state index in [2.05, 4.69) is 48.1 Å². The van der Waals surface area contributed by atoms with E-state index >= 15 is 0 Å². The topological polar surface area (TPSA) is 42.0 Å². The van der Waals surface area contributed by atoms with Crippen LogP contribution < -0.4 is 5.32 Å². The number of hydrogen-bond acceptors (Lipinski definition) is 3. The zero-order chi connectivity index (χ0) is 15.2. The van der Waals surface area contributed by atoms with Gasteiger partial charge in [0.25, 0.3) is 0 Å². The molecule has 0 aliphatic heterocycles. The number of anilines is 1. The smallest absolute Gasteiger partial charge is 0.226 e. The van der Waals surface area contributed by atoms with E-state index in [0.717, 1.165) is 12.1 Å². The van der Waals surface area contributed by atoms with Crippen molar-refractivity contribution in [1.82, 2.24) is 4.98 Å². The lowest BCUT2D eigenvalue weighted by Gasteiger charge is -2.00. The highest BCUT2D eigenvalue weighted by Gasteiger charge is 2.10. The third-order valence-electron chi connectivity index (χ3n) is 3.20. The van der Waals surface area contributed by atoms with Crippen molar-refractivity contribution in [3.63, 3.8) is 0 Å². The maximum absolute atomic E-state index is 11.7. The molecule has 0 saturated carbocycles. The Kier molecular flexibility index (Phi) is 5.28. The second kappa shape index (κ2) is 7.18. The summed E-state index contributed by atoms with van der Waals surface area (Å²) < 4.78 is 0. The number of carbonyl (C=O) groups is 1. The lowest BCUT2D eigenvalue weighted by atomic mass is 10.1. The van der Waals surface area contributed by atoms with Crippen LogP contribution in [0.15, 0.2) is 36.9 Å². The van der Waals surface area contributed by atoms with Crippen molar-refractivity contribution in [2.24, 2.45) is 0 Å². The van der Waals surface area contributed by atoms with Crippen molar-refractivity contribution in [2.45, 2.75) is 33.1 Å². The molecule has 1 amide bonds. The predicted octanol–water partition coefficient (Wildman–Crippen LogP) is 4.26. The molecule has 21 heavy (non-hydrogen) atoms.